The van der Waals surface area contributed by atoms with Crippen LogP contribution in [0.1, 0.15) is 29.5 Å². The number of benzene rings is 3. The summed E-state index contributed by atoms with van der Waals surface area (Å²) in [5.41, 5.74) is 3.90. The van der Waals surface area contributed by atoms with Gasteiger partial charge in [-0.3, -0.25) is 9.69 Å². The van der Waals surface area contributed by atoms with Crippen molar-refractivity contribution in [1.29, 1.82) is 0 Å². The highest BCUT2D eigenvalue weighted by molar-refractivity contribution is 7.89. The highest BCUT2D eigenvalue weighted by Crippen LogP contribution is 2.34. The Hall–Kier alpha value is -3.07. The highest BCUT2D eigenvalue weighted by Gasteiger charge is 2.42. The minimum Gasteiger partial charge on any atom is -0.282 e. The van der Waals surface area contributed by atoms with Crippen LogP contribution < -0.4 is 4.90 Å². The summed E-state index contributed by atoms with van der Waals surface area (Å²) in [6.07, 6.45) is 1.12. The number of amides is 1. The van der Waals surface area contributed by atoms with Crippen molar-refractivity contribution in [3.05, 3.63) is 89.5 Å². The molecule has 1 fully saturated rings. The van der Waals surface area contributed by atoms with E-state index < -0.39 is 16.1 Å². The summed E-state index contributed by atoms with van der Waals surface area (Å²) in [5.74, 6) is -0.238. The van der Waals surface area contributed by atoms with Crippen molar-refractivity contribution in [3.8, 4) is 0 Å². The summed E-state index contributed by atoms with van der Waals surface area (Å²) in [5, 5.41) is 0.582. The lowest BCUT2D eigenvalue weighted by molar-refractivity contribution is -0.121. The molecule has 8 heteroatoms. The van der Waals surface area contributed by atoms with Gasteiger partial charge in [-0.1, -0.05) is 65.4 Å². The van der Waals surface area contributed by atoms with E-state index in [0.29, 0.717) is 31.1 Å². The van der Waals surface area contributed by atoms with E-state index in [-0.39, 0.29) is 10.8 Å². The molecule has 35 heavy (non-hydrogen) atoms. The molecule has 1 aromatic heterocycles. The Morgan fingerprint density at radius 1 is 1.03 bits per heavy atom. The van der Waals surface area contributed by atoms with Crippen LogP contribution in [0.3, 0.4) is 0 Å². The summed E-state index contributed by atoms with van der Waals surface area (Å²) in [7, 11) is -3.80. The average Bonchev–Trinajstić information content (AvgIpc) is 3.50. The fourth-order valence-corrected chi connectivity index (χ4v) is 7.16. The molecule has 1 unspecified atom stereocenters. The second-order valence-electron chi connectivity index (χ2n) is 8.96. The van der Waals surface area contributed by atoms with Gasteiger partial charge in [0.1, 0.15) is 6.04 Å². The zero-order valence-corrected chi connectivity index (χ0v) is 21.3. The third-order valence-electron chi connectivity index (χ3n) is 6.33. The number of aromatic nitrogens is 1. The maximum Gasteiger partial charge on any atom is 0.247 e. The molecule has 4 aromatic rings. The van der Waals surface area contributed by atoms with Gasteiger partial charge in [0, 0.05) is 6.54 Å². The van der Waals surface area contributed by atoms with Crippen molar-refractivity contribution >= 4 is 42.6 Å². The van der Waals surface area contributed by atoms with Crippen LogP contribution in [0.5, 0.6) is 0 Å². The fourth-order valence-electron chi connectivity index (χ4n) is 4.44. The summed E-state index contributed by atoms with van der Waals surface area (Å²) in [6, 6.07) is 21.8. The predicted molar refractivity (Wildman–Crippen MR) is 140 cm³/mol. The van der Waals surface area contributed by atoms with Crippen molar-refractivity contribution in [3.63, 3.8) is 0 Å². The molecule has 1 atom stereocenters. The minimum absolute atomic E-state index is 0.216. The fraction of sp³-hybridized carbons (Fsp3) is 0.259. The quantitative estimate of drug-likeness (QED) is 0.357. The zero-order valence-electron chi connectivity index (χ0n) is 19.7. The zero-order chi connectivity index (χ0) is 24.6. The molecule has 1 saturated heterocycles. The van der Waals surface area contributed by atoms with Gasteiger partial charge in [0.2, 0.25) is 15.9 Å². The van der Waals surface area contributed by atoms with E-state index in [9.17, 15) is 13.2 Å². The van der Waals surface area contributed by atoms with Gasteiger partial charge in [0.25, 0.3) is 0 Å². The van der Waals surface area contributed by atoms with Crippen LogP contribution in [0.4, 0.5) is 5.13 Å². The molecule has 0 aliphatic carbocycles. The van der Waals surface area contributed by atoms with Crippen LogP contribution in [0.2, 0.25) is 0 Å². The molecule has 0 radical (unpaired) electrons. The number of nitrogens with zero attached hydrogens (tertiary/aromatic N) is 3. The van der Waals surface area contributed by atoms with E-state index in [1.54, 1.807) is 29.2 Å². The summed E-state index contributed by atoms with van der Waals surface area (Å²) in [4.78, 5) is 20.6. The molecule has 5 rings (SSSR count). The smallest absolute Gasteiger partial charge is 0.247 e. The first-order valence-corrected chi connectivity index (χ1v) is 13.9. The summed E-state index contributed by atoms with van der Waals surface area (Å²) >= 11 is 1.46. The molecule has 0 N–H and O–H groups in total. The molecule has 0 bridgehead atoms. The second kappa shape index (κ2) is 9.53. The van der Waals surface area contributed by atoms with E-state index in [1.165, 1.54) is 15.6 Å². The van der Waals surface area contributed by atoms with Crippen LogP contribution >= 0.6 is 11.3 Å². The van der Waals surface area contributed by atoms with Crippen LogP contribution in [-0.2, 0) is 21.4 Å². The van der Waals surface area contributed by atoms with Gasteiger partial charge in [-0.2, -0.15) is 4.31 Å². The number of anilines is 1. The molecule has 3 aromatic carbocycles. The number of fused-ring (bicyclic) bond motifs is 1. The number of carbonyl (C=O) groups is 1. The van der Waals surface area contributed by atoms with E-state index in [1.807, 2.05) is 56.3 Å². The topological polar surface area (TPSA) is 70.6 Å². The van der Waals surface area contributed by atoms with Gasteiger partial charge in [0.15, 0.2) is 5.13 Å². The molecule has 6 nitrogen and oxygen atoms in total. The van der Waals surface area contributed by atoms with Gasteiger partial charge in [-0.25, -0.2) is 13.4 Å². The van der Waals surface area contributed by atoms with Crippen LogP contribution in [0.15, 0.2) is 77.7 Å². The molecule has 2 heterocycles. The molecule has 0 spiro atoms. The van der Waals surface area contributed by atoms with Gasteiger partial charge < -0.3 is 0 Å². The first-order chi connectivity index (χ1) is 16.8. The number of rotatable bonds is 6. The van der Waals surface area contributed by atoms with E-state index in [2.05, 4.69) is 6.07 Å². The Kier molecular flexibility index (Phi) is 6.44. The number of aryl methyl sites for hydroxylation is 2. The summed E-state index contributed by atoms with van der Waals surface area (Å²) in [6.45, 7) is 4.59. The van der Waals surface area contributed by atoms with Gasteiger partial charge >= 0.3 is 0 Å². The van der Waals surface area contributed by atoms with E-state index in [0.717, 1.165) is 26.9 Å². The summed E-state index contributed by atoms with van der Waals surface area (Å²) < 4.78 is 29.4. The number of sulfonamides is 1. The van der Waals surface area contributed by atoms with Crippen LogP contribution in [0, 0.1) is 13.8 Å². The molecular formula is C27H27N3O3S2. The number of thiazole rings is 1. The first-order valence-electron chi connectivity index (χ1n) is 11.6. The Bertz CT molecular complexity index is 1460. The molecule has 1 amide bonds. The largest absolute Gasteiger partial charge is 0.282 e. The van der Waals surface area contributed by atoms with Crippen molar-refractivity contribution in [2.45, 2.75) is 44.2 Å². The third-order valence-corrected chi connectivity index (χ3v) is 9.29. The minimum atomic E-state index is -3.80. The maximum atomic E-state index is 14.0. The van der Waals surface area contributed by atoms with Crippen LogP contribution in [0.25, 0.3) is 10.2 Å². The molecular weight excluding hydrogens is 478 g/mol. The van der Waals surface area contributed by atoms with Gasteiger partial charge in [-0.15, -0.1) is 0 Å². The Labute approximate surface area is 209 Å². The van der Waals surface area contributed by atoms with Crippen molar-refractivity contribution in [2.75, 3.05) is 11.4 Å². The Morgan fingerprint density at radius 3 is 2.49 bits per heavy atom. The predicted octanol–water partition coefficient (Wildman–Crippen LogP) is 5.30. The van der Waals surface area contributed by atoms with Crippen LogP contribution in [-0.4, -0.2) is 36.2 Å². The van der Waals surface area contributed by atoms with Crippen molar-refractivity contribution < 1.29 is 13.2 Å². The lowest BCUT2D eigenvalue weighted by atomic mass is 10.1. The molecule has 1 aliphatic rings. The number of hydrogen-bond donors (Lipinski definition) is 0. The lowest BCUT2D eigenvalue weighted by Gasteiger charge is -2.28. The van der Waals surface area contributed by atoms with E-state index >= 15 is 0 Å². The third kappa shape index (κ3) is 4.74. The second-order valence-corrected chi connectivity index (χ2v) is 11.9. The average molecular weight is 506 g/mol. The lowest BCUT2D eigenvalue weighted by Crippen LogP contribution is -2.47. The van der Waals surface area contributed by atoms with E-state index in [4.69, 9.17) is 4.98 Å². The maximum absolute atomic E-state index is 14.0. The highest BCUT2D eigenvalue weighted by atomic mass is 32.2. The molecule has 180 valence electrons. The number of hydrogen-bond acceptors (Lipinski definition) is 5. The normalized spacial score (nSPS) is 16.6. The SMILES string of the molecule is Cc1ccc(S(=O)(=O)N2CCCC2C(=O)N(Cc2ccccc2)c2nc3ccc(C)cc3s2)cc1. The van der Waals surface area contributed by atoms with Gasteiger partial charge in [0.05, 0.1) is 21.7 Å². The van der Waals surface area contributed by atoms with Gasteiger partial charge in [-0.05, 0) is 62.1 Å². The molecule has 1 aliphatic heterocycles. The first kappa shape index (κ1) is 23.7. The standard InChI is InChI=1S/C27H27N3O3S2/c1-19-10-13-22(14-11-19)35(32,33)30-16-6-9-24(30)26(31)29(18-21-7-4-3-5-8-21)27-28-23-15-12-20(2)17-25(23)34-27/h3-5,7-8,10-15,17,24H,6,9,16,18H2,1-2H3. The van der Waals surface area contributed by atoms with Crippen molar-refractivity contribution in [2.24, 2.45) is 0 Å². The Morgan fingerprint density at radius 2 is 1.74 bits per heavy atom. The van der Waals surface area contributed by atoms with Crippen molar-refractivity contribution in [1.82, 2.24) is 9.29 Å². The number of carbonyl (C=O) groups excluding carboxylic acids is 1. The Balaban J connectivity index is 1.52. The monoisotopic (exact) mass is 505 g/mol. The molecule has 0 saturated carbocycles.